The smallest absolute Gasteiger partial charge is 0.236 e. The average molecular weight is 270 g/mol. The maximum atomic E-state index is 12.3. The Bertz CT molecular complexity index is 271. The summed E-state index contributed by atoms with van der Waals surface area (Å²) < 4.78 is 0. The molecule has 2 unspecified atom stereocenters. The van der Waals surface area contributed by atoms with Gasteiger partial charge in [0.05, 0.1) is 13.2 Å². The maximum Gasteiger partial charge on any atom is 0.236 e. The molecule has 4 heteroatoms. The molecule has 0 aliphatic carbocycles. The van der Waals surface area contributed by atoms with Gasteiger partial charge >= 0.3 is 0 Å². The van der Waals surface area contributed by atoms with Crippen LogP contribution in [0.2, 0.25) is 0 Å². The van der Waals surface area contributed by atoms with E-state index < -0.39 is 0 Å². The van der Waals surface area contributed by atoms with E-state index >= 15 is 0 Å². The number of piperidine rings is 1. The number of hydrogen-bond acceptors (Lipinski definition) is 3. The van der Waals surface area contributed by atoms with Crippen molar-refractivity contribution in [2.75, 3.05) is 32.8 Å². The van der Waals surface area contributed by atoms with Gasteiger partial charge in [-0.3, -0.25) is 9.69 Å². The fraction of sp³-hybridized carbons (Fsp3) is 0.933. The molecule has 1 heterocycles. The molecule has 112 valence electrons. The molecule has 1 aliphatic rings. The van der Waals surface area contributed by atoms with E-state index in [0.717, 1.165) is 45.3 Å². The number of aliphatic hydroxyl groups excluding tert-OH is 1. The van der Waals surface area contributed by atoms with Crippen molar-refractivity contribution in [1.29, 1.82) is 0 Å². The molecule has 19 heavy (non-hydrogen) atoms. The zero-order valence-corrected chi connectivity index (χ0v) is 12.8. The van der Waals surface area contributed by atoms with E-state index in [-0.39, 0.29) is 18.6 Å². The lowest BCUT2D eigenvalue weighted by Crippen LogP contribution is -2.51. The first-order valence-corrected chi connectivity index (χ1v) is 7.76. The van der Waals surface area contributed by atoms with Crippen molar-refractivity contribution in [3.63, 3.8) is 0 Å². The second-order valence-electron chi connectivity index (χ2n) is 5.67. The first-order chi connectivity index (χ1) is 9.13. The van der Waals surface area contributed by atoms with Gasteiger partial charge in [-0.05, 0) is 38.6 Å². The molecular weight excluding hydrogens is 240 g/mol. The first kappa shape index (κ1) is 16.4. The van der Waals surface area contributed by atoms with Crippen LogP contribution in [0.25, 0.3) is 0 Å². The zero-order chi connectivity index (χ0) is 14.3. The Morgan fingerprint density at radius 1 is 1.42 bits per heavy atom. The summed E-state index contributed by atoms with van der Waals surface area (Å²) in [6.07, 6.45) is 4.47. The minimum Gasteiger partial charge on any atom is -0.395 e. The van der Waals surface area contributed by atoms with Crippen molar-refractivity contribution >= 4 is 5.91 Å². The predicted octanol–water partition coefficient (Wildman–Crippen LogP) is 1.73. The van der Waals surface area contributed by atoms with Crippen LogP contribution >= 0.6 is 0 Å². The highest BCUT2D eigenvalue weighted by Gasteiger charge is 2.29. The van der Waals surface area contributed by atoms with Gasteiger partial charge in [0.1, 0.15) is 0 Å². The second-order valence-corrected chi connectivity index (χ2v) is 5.67. The zero-order valence-electron chi connectivity index (χ0n) is 12.8. The maximum absolute atomic E-state index is 12.3. The van der Waals surface area contributed by atoms with Crippen molar-refractivity contribution in [1.82, 2.24) is 9.80 Å². The Morgan fingerprint density at radius 2 is 2.16 bits per heavy atom. The SMILES string of the molecule is CCCCN(CC)C(=O)CN1CCCC(C)C1CO. The lowest BCUT2D eigenvalue weighted by atomic mass is 9.91. The van der Waals surface area contributed by atoms with Crippen LogP contribution in [0.5, 0.6) is 0 Å². The normalized spacial score (nSPS) is 24.4. The number of hydrogen-bond donors (Lipinski definition) is 1. The Labute approximate surface area is 117 Å². The molecule has 1 aliphatic heterocycles. The number of amides is 1. The summed E-state index contributed by atoms with van der Waals surface area (Å²) in [7, 11) is 0. The Morgan fingerprint density at radius 3 is 2.74 bits per heavy atom. The molecule has 0 spiro atoms. The summed E-state index contributed by atoms with van der Waals surface area (Å²) in [5.74, 6) is 0.695. The van der Waals surface area contributed by atoms with Crippen molar-refractivity contribution in [3.8, 4) is 0 Å². The highest BCUT2D eigenvalue weighted by molar-refractivity contribution is 5.78. The van der Waals surface area contributed by atoms with Gasteiger partial charge in [-0.15, -0.1) is 0 Å². The summed E-state index contributed by atoms with van der Waals surface area (Å²) in [4.78, 5) is 16.4. The monoisotopic (exact) mass is 270 g/mol. The minimum absolute atomic E-state index is 0.155. The summed E-state index contributed by atoms with van der Waals surface area (Å²) in [5.41, 5.74) is 0. The van der Waals surface area contributed by atoms with E-state index in [2.05, 4.69) is 18.7 Å². The largest absolute Gasteiger partial charge is 0.395 e. The van der Waals surface area contributed by atoms with E-state index in [1.165, 1.54) is 0 Å². The molecule has 1 rings (SSSR count). The molecule has 2 atom stereocenters. The lowest BCUT2D eigenvalue weighted by molar-refractivity contribution is -0.134. The summed E-state index contributed by atoms with van der Waals surface area (Å²) in [6, 6.07) is 0.155. The van der Waals surface area contributed by atoms with Crippen LogP contribution in [0, 0.1) is 5.92 Å². The van der Waals surface area contributed by atoms with Crippen LogP contribution in [0.3, 0.4) is 0 Å². The summed E-state index contributed by atoms with van der Waals surface area (Å²) in [6.45, 7) is 9.56. The van der Waals surface area contributed by atoms with E-state index in [1.54, 1.807) is 0 Å². The Balaban J connectivity index is 2.53. The van der Waals surface area contributed by atoms with Crippen LogP contribution in [-0.2, 0) is 4.79 Å². The van der Waals surface area contributed by atoms with E-state index in [1.807, 2.05) is 11.8 Å². The van der Waals surface area contributed by atoms with Gasteiger partial charge < -0.3 is 10.0 Å². The van der Waals surface area contributed by atoms with Gasteiger partial charge in [0, 0.05) is 19.1 Å². The molecule has 1 fully saturated rings. The number of likely N-dealkylation sites (tertiary alicyclic amines) is 1. The van der Waals surface area contributed by atoms with Crippen molar-refractivity contribution < 1.29 is 9.90 Å². The molecule has 1 saturated heterocycles. The lowest BCUT2D eigenvalue weighted by Gasteiger charge is -2.39. The number of carbonyl (C=O) groups is 1. The minimum atomic E-state index is 0.155. The van der Waals surface area contributed by atoms with Gasteiger partial charge in [-0.1, -0.05) is 20.3 Å². The van der Waals surface area contributed by atoms with Crippen LogP contribution in [0.4, 0.5) is 0 Å². The molecule has 0 saturated carbocycles. The number of likely N-dealkylation sites (N-methyl/N-ethyl adjacent to an activating group) is 1. The van der Waals surface area contributed by atoms with Gasteiger partial charge in [-0.25, -0.2) is 0 Å². The average Bonchev–Trinajstić information content (AvgIpc) is 2.40. The number of rotatable bonds is 7. The van der Waals surface area contributed by atoms with Gasteiger partial charge in [0.25, 0.3) is 0 Å². The molecule has 0 aromatic rings. The molecular formula is C15H30N2O2. The standard InChI is InChI=1S/C15H30N2O2/c1-4-6-9-16(5-2)15(19)11-17-10-7-8-13(3)14(17)12-18/h13-14,18H,4-12H2,1-3H3. The van der Waals surface area contributed by atoms with Crippen LogP contribution in [-0.4, -0.2) is 59.6 Å². The fourth-order valence-corrected chi connectivity index (χ4v) is 2.91. The van der Waals surface area contributed by atoms with E-state index in [9.17, 15) is 9.90 Å². The molecule has 4 nitrogen and oxygen atoms in total. The van der Waals surface area contributed by atoms with Crippen molar-refractivity contribution in [2.45, 2.75) is 52.5 Å². The summed E-state index contributed by atoms with van der Waals surface area (Å²) >= 11 is 0. The van der Waals surface area contributed by atoms with Gasteiger partial charge in [-0.2, -0.15) is 0 Å². The van der Waals surface area contributed by atoms with Gasteiger partial charge in [0.2, 0.25) is 5.91 Å². The predicted molar refractivity (Wildman–Crippen MR) is 78.0 cm³/mol. The number of unbranched alkanes of at least 4 members (excludes halogenated alkanes) is 1. The van der Waals surface area contributed by atoms with Crippen molar-refractivity contribution in [2.24, 2.45) is 5.92 Å². The number of aliphatic hydroxyl groups is 1. The topological polar surface area (TPSA) is 43.8 Å². The molecule has 1 N–H and O–H groups in total. The third-order valence-electron chi connectivity index (χ3n) is 4.27. The molecule has 1 amide bonds. The highest BCUT2D eigenvalue weighted by atomic mass is 16.3. The number of nitrogens with zero attached hydrogens (tertiary/aromatic N) is 2. The number of carbonyl (C=O) groups excluding carboxylic acids is 1. The van der Waals surface area contributed by atoms with E-state index in [0.29, 0.717) is 12.5 Å². The van der Waals surface area contributed by atoms with Crippen LogP contribution in [0.1, 0.15) is 46.5 Å². The third-order valence-corrected chi connectivity index (χ3v) is 4.27. The fourth-order valence-electron chi connectivity index (χ4n) is 2.91. The quantitative estimate of drug-likeness (QED) is 0.766. The highest BCUT2D eigenvalue weighted by Crippen LogP contribution is 2.22. The molecule has 0 radical (unpaired) electrons. The van der Waals surface area contributed by atoms with E-state index in [4.69, 9.17) is 0 Å². The van der Waals surface area contributed by atoms with Gasteiger partial charge in [0.15, 0.2) is 0 Å². The Hall–Kier alpha value is -0.610. The molecule has 0 aromatic carbocycles. The summed E-state index contributed by atoms with van der Waals surface area (Å²) in [5, 5.41) is 9.52. The van der Waals surface area contributed by atoms with Crippen LogP contribution in [0.15, 0.2) is 0 Å². The second kappa shape index (κ2) is 8.54. The Kier molecular flexibility index (Phi) is 7.39. The van der Waals surface area contributed by atoms with Crippen LogP contribution < -0.4 is 0 Å². The third kappa shape index (κ3) is 4.77. The molecule has 0 aromatic heterocycles. The van der Waals surface area contributed by atoms with Crippen molar-refractivity contribution in [3.05, 3.63) is 0 Å². The molecule has 0 bridgehead atoms. The first-order valence-electron chi connectivity index (χ1n) is 7.76.